The fourth-order valence-electron chi connectivity index (χ4n) is 2.02. The number of halogens is 1. The van der Waals surface area contributed by atoms with E-state index in [9.17, 15) is 13.2 Å². The average molecular weight is 411 g/mol. The van der Waals surface area contributed by atoms with Crippen molar-refractivity contribution in [3.63, 3.8) is 0 Å². The summed E-state index contributed by atoms with van der Waals surface area (Å²) >= 11 is 4.38. The Morgan fingerprint density at radius 2 is 1.70 bits per heavy atom. The van der Waals surface area contributed by atoms with Crippen LogP contribution in [0.3, 0.4) is 0 Å². The molecule has 0 bridgehead atoms. The lowest BCUT2D eigenvalue weighted by atomic mass is 10.3. The lowest BCUT2D eigenvalue weighted by Gasteiger charge is -2.15. The molecule has 0 radical (unpaired) electrons. The molecule has 1 amide bonds. The first-order valence-corrected chi connectivity index (χ1v) is 9.80. The number of nitrogens with zero attached hydrogens (tertiary/aromatic N) is 2. The third-order valence-electron chi connectivity index (χ3n) is 3.09. The van der Waals surface area contributed by atoms with Crippen LogP contribution in [0.1, 0.15) is 0 Å². The van der Waals surface area contributed by atoms with Gasteiger partial charge in [0.05, 0.1) is 16.3 Å². The van der Waals surface area contributed by atoms with Gasteiger partial charge in [-0.1, -0.05) is 45.9 Å². The topological polar surface area (TPSA) is 66.8 Å². The molecule has 0 N–H and O–H groups in total. The van der Waals surface area contributed by atoms with Gasteiger partial charge in [-0.3, -0.25) is 9.69 Å². The summed E-state index contributed by atoms with van der Waals surface area (Å²) in [5.74, 6) is -0.0187. The molecule has 1 aliphatic heterocycles. The number of rotatable bonds is 3. The van der Waals surface area contributed by atoms with Crippen LogP contribution in [0.4, 0.5) is 5.69 Å². The largest absolute Gasteiger partial charge is 0.284 e. The molecule has 0 aliphatic carbocycles. The Hall–Kier alpha value is -1.64. The molecule has 0 atom stereocenters. The van der Waals surface area contributed by atoms with Crippen molar-refractivity contribution in [2.24, 2.45) is 4.40 Å². The Morgan fingerprint density at radius 3 is 2.35 bits per heavy atom. The quantitative estimate of drug-likeness (QED) is 0.778. The molecular weight excluding hydrogens is 400 g/mol. The van der Waals surface area contributed by atoms with Crippen molar-refractivity contribution in [1.29, 1.82) is 0 Å². The van der Waals surface area contributed by atoms with Crippen molar-refractivity contribution in [2.45, 2.75) is 4.90 Å². The fourth-order valence-corrected chi connectivity index (χ4v) is 4.38. The van der Waals surface area contributed by atoms with Crippen LogP contribution < -0.4 is 4.90 Å². The Kier molecular flexibility index (Phi) is 4.56. The van der Waals surface area contributed by atoms with E-state index in [-0.39, 0.29) is 21.7 Å². The second-order valence-corrected chi connectivity index (χ2v) is 8.12. The van der Waals surface area contributed by atoms with Gasteiger partial charge in [0.15, 0.2) is 5.17 Å². The van der Waals surface area contributed by atoms with Crippen LogP contribution in [0.2, 0.25) is 0 Å². The Morgan fingerprint density at radius 1 is 1.04 bits per heavy atom. The van der Waals surface area contributed by atoms with E-state index in [2.05, 4.69) is 20.3 Å². The van der Waals surface area contributed by atoms with E-state index in [1.165, 1.54) is 17.0 Å². The number of thioether (sulfide) groups is 1. The molecule has 1 saturated heterocycles. The van der Waals surface area contributed by atoms with E-state index in [0.717, 1.165) is 16.2 Å². The van der Waals surface area contributed by atoms with E-state index < -0.39 is 10.0 Å². The zero-order valence-electron chi connectivity index (χ0n) is 11.7. The van der Waals surface area contributed by atoms with Gasteiger partial charge in [0, 0.05) is 4.47 Å². The van der Waals surface area contributed by atoms with Crippen LogP contribution in [0.15, 0.2) is 68.4 Å². The van der Waals surface area contributed by atoms with E-state index in [1.54, 1.807) is 36.4 Å². The van der Waals surface area contributed by atoms with E-state index in [4.69, 9.17) is 0 Å². The second kappa shape index (κ2) is 6.46. The van der Waals surface area contributed by atoms with Crippen LogP contribution in [-0.4, -0.2) is 25.2 Å². The van der Waals surface area contributed by atoms with Crippen molar-refractivity contribution in [3.8, 4) is 0 Å². The van der Waals surface area contributed by atoms with Crippen LogP contribution in [-0.2, 0) is 14.8 Å². The number of para-hydroxylation sites is 1. The van der Waals surface area contributed by atoms with Crippen molar-refractivity contribution < 1.29 is 13.2 Å². The molecule has 3 rings (SSSR count). The van der Waals surface area contributed by atoms with E-state index in [0.29, 0.717) is 5.69 Å². The van der Waals surface area contributed by atoms with E-state index in [1.807, 2.05) is 6.07 Å². The number of sulfonamides is 1. The highest BCUT2D eigenvalue weighted by Gasteiger charge is 2.31. The number of benzene rings is 2. The van der Waals surface area contributed by atoms with Crippen LogP contribution in [0.5, 0.6) is 0 Å². The van der Waals surface area contributed by atoms with Gasteiger partial charge >= 0.3 is 0 Å². The molecule has 118 valence electrons. The lowest BCUT2D eigenvalue weighted by molar-refractivity contribution is -0.115. The molecule has 5 nitrogen and oxygen atoms in total. The number of hydrogen-bond acceptors (Lipinski definition) is 4. The zero-order chi connectivity index (χ0) is 16.4. The zero-order valence-corrected chi connectivity index (χ0v) is 14.9. The molecule has 1 heterocycles. The van der Waals surface area contributed by atoms with Crippen LogP contribution in [0, 0.1) is 0 Å². The number of anilines is 1. The number of amidine groups is 1. The maximum atomic E-state index is 12.4. The summed E-state index contributed by atoms with van der Waals surface area (Å²) in [6.45, 7) is 0. The van der Waals surface area contributed by atoms with Gasteiger partial charge in [0.2, 0.25) is 5.91 Å². The molecule has 0 spiro atoms. The first-order chi connectivity index (χ1) is 11.0. The molecule has 2 aromatic carbocycles. The number of hydrogen-bond donors (Lipinski definition) is 0. The van der Waals surface area contributed by atoms with Gasteiger partial charge in [0.1, 0.15) is 0 Å². The summed E-state index contributed by atoms with van der Waals surface area (Å²) in [6.07, 6.45) is 0. The summed E-state index contributed by atoms with van der Waals surface area (Å²) in [5.41, 5.74) is 0.604. The highest BCUT2D eigenvalue weighted by atomic mass is 79.9. The minimum atomic E-state index is -3.87. The predicted octanol–water partition coefficient (Wildman–Crippen LogP) is 3.27. The molecule has 2 aromatic rings. The SMILES string of the molecule is O=C1CSC(=NS(=O)(=O)c2ccc(Br)cc2)N1c1ccccc1. The Balaban J connectivity index is 2.00. The van der Waals surface area contributed by atoms with Gasteiger partial charge in [0.25, 0.3) is 10.0 Å². The molecule has 1 fully saturated rings. The minimum Gasteiger partial charge on any atom is -0.273 e. The van der Waals surface area contributed by atoms with Crippen molar-refractivity contribution in [1.82, 2.24) is 0 Å². The van der Waals surface area contributed by atoms with Crippen molar-refractivity contribution >= 4 is 54.5 Å². The Labute approximate surface area is 146 Å². The molecule has 1 aliphatic rings. The first-order valence-electron chi connectivity index (χ1n) is 6.59. The summed E-state index contributed by atoms with van der Waals surface area (Å²) in [5, 5.41) is 0.170. The number of amides is 1. The highest BCUT2D eigenvalue weighted by molar-refractivity contribution is 9.10. The predicted molar refractivity (Wildman–Crippen MR) is 95.1 cm³/mol. The van der Waals surface area contributed by atoms with E-state index >= 15 is 0 Å². The van der Waals surface area contributed by atoms with Gasteiger partial charge in [-0.25, -0.2) is 0 Å². The summed E-state index contributed by atoms with van der Waals surface area (Å²) in [4.78, 5) is 13.5. The molecular formula is C15H11BrN2O3S2. The molecule has 8 heteroatoms. The smallest absolute Gasteiger partial charge is 0.273 e. The van der Waals surface area contributed by atoms with Crippen LogP contribution in [0.25, 0.3) is 0 Å². The van der Waals surface area contributed by atoms with Gasteiger partial charge in [-0.15, -0.1) is 4.40 Å². The molecule has 0 aromatic heterocycles. The standard InChI is InChI=1S/C15H11BrN2O3S2/c16-11-6-8-13(9-7-11)23(20,21)17-15-18(14(19)10-22-15)12-4-2-1-3-5-12/h1-9H,10H2. The minimum absolute atomic E-state index is 0.0844. The maximum absolute atomic E-state index is 12.4. The second-order valence-electron chi connectivity index (χ2n) is 4.66. The molecule has 23 heavy (non-hydrogen) atoms. The lowest BCUT2D eigenvalue weighted by Crippen LogP contribution is -2.29. The normalized spacial score (nSPS) is 17.0. The van der Waals surface area contributed by atoms with Crippen LogP contribution >= 0.6 is 27.7 Å². The van der Waals surface area contributed by atoms with Gasteiger partial charge in [-0.2, -0.15) is 8.42 Å². The highest BCUT2D eigenvalue weighted by Crippen LogP contribution is 2.28. The monoisotopic (exact) mass is 410 g/mol. The maximum Gasteiger partial charge on any atom is 0.284 e. The van der Waals surface area contributed by atoms with Crippen molar-refractivity contribution in [3.05, 3.63) is 59.1 Å². The summed E-state index contributed by atoms with van der Waals surface area (Å²) in [6, 6.07) is 15.1. The summed E-state index contributed by atoms with van der Waals surface area (Å²) < 4.78 is 29.5. The fraction of sp³-hybridized carbons (Fsp3) is 0.0667. The molecule has 0 unspecified atom stereocenters. The number of carbonyl (C=O) groups is 1. The summed E-state index contributed by atoms with van der Waals surface area (Å²) in [7, 11) is -3.87. The van der Waals surface area contributed by atoms with Gasteiger partial charge in [-0.05, 0) is 36.4 Å². The third kappa shape index (κ3) is 3.49. The van der Waals surface area contributed by atoms with Crippen molar-refractivity contribution in [2.75, 3.05) is 10.7 Å². The Bertz CT molecular complexity index is 865. The third-order valence-corrected chi connectivity index (χ3v) is 5.94. The van der Waals surface area contributed by atoms with Gasteiger partial charge < -0.3 is 0 Å². The first kappa shape index (κ1) is 16.2. The number of carbonyl (C=O) groups excluding carboxylic acids is 1. The molecule has 0 saturated carbocycles. The average Bonchev–Trinajstić information content (AvgIpc) is 2.88.